The summed E-state index contributed by atoms with van der Waals surface area (Å²) in [6, 6.07) is -3.14. The van der Waals surface area contributed by atoms with E-state index in [0.717, 1.165) is 38.9 Å². The monoisotopic (exact) mass is 602 g/mol. The number of ketones is 1. The third-order valence-electron chi connectivity index (χ3n) is 10.6. The van der Waals surface area contributed by atoms with Crippen molar-refractivity contribution in [3.05, 3.63) is 0 Å². The lowest BCUT2D eigenvalue weighted by Gasteiger charge is -2.38. The zero-order valence-electron chi connectivity index (χ0n) is 27.2. The molecule has 2 saturated heterocycles. The van der Waals surface area contributed by atoms with Crippen LogP contribution in [0.2, 0.25) is 0 Å². The first-order valence-corrected chi connectivity index (χ1v) is 16.3. The molecule has 4 rings (SSSR count). The summed E-state index contributed by atoms with van der Waals surface area (Å²) in [5.74, 6) is -2.10. The minimum atomic E-state index is -1.07. The number of likely N-dealkylation sites (tertiary alicyclic amines) is 2. The SMILES string of the molecule is CC(C)[C@@H](CN1CCCC1)NC(=O)N[C@H](C(=O)N1C[C@H]2C([C@H]1C(=O)NC(CC1CCC1)C(=O)C(N)=O)C2(C)C)C(C)(C)C. The van der Waals surface area contributed by atoms with Crippen LogP contribution in [-0.2, 0) is 19.2 Å². The molecule has 5 amide bonds. The number of hydrogen-bond acceptors (Lipinski definition) is 6. The van der Waals surface area contributed by atoms with Crippen LogP contribution < -0.4 is 21.7 Å². The topological polar surface area (TPSA) is 154 Å². The van der Waals surface area contributed by atoms with Crippen molar-refractivity contribution >= 4 is 29.5 Å². The van der Waals surface area contributed by atoms with E-state index in [4.69, 9.17) is 5.73 Å². The highest BCUT2D eigenvalue weighted by Crippen LogP contribution is 2.65. The number of rotatable bonds is 12. The van der Waals surface area contributed by atoms with Gasteiger partial charge in [0.1, 0.15) is 12.1 Å². The molecule has 2 heterocycles. The van der Waals surface area contributed by atoms with E-state index >= 15 is 0 Å². The highest BCUT2D eigenvalue weighted by atomic mass is 16.2. The molecular weight excluding hydrogens is 548 g/mol. The fourth-order valence-electron chi connectivity index (χ4n) is 7.36. The number of Topliss-reactive ketones (excluding diaryl/α,β-unsaturated/α-hetero) is 1. The van der Waals surface area contributed by atoms with Gasteiger partial charge in [-0.2, -0.15) is 0 Å². The lowest BCUT2D eigenvalue weighted by Crippen LogP contribution is -2.62. The van der Waals surface area contributed by atoms with Crippen molar-refractivity contribution in [2.45, 2.75) is 111 Å². The Balaban J connectivity index is 1.49. The van der Waals surface area contributed by atoms with E-state index in [0.29, 0.717) is 13.0 Å². The van der Waals surface area contributed by atoms with Crippen molar-refractivity contribution in [2.75, 3.05) is 26.2 Å². The molecule has 2 aliphatic heterocycles. The molecule has 11 heteroatoms. The van der Waals surface area contributed by atoms with Crippen LogP contribution in [0.15, 0.2) is 0 Å². The molecule has 5 N–H and O–H groups in total. The van der Waals surface area contributed by atoms with Crippen molar-refractivity contribution in [3.8, 4) is 0 Å². The molecule has 0 spiro atoms. The van der Waals surface area contributed by atoms with Crippen molar-refractivity contribution in [1.82, 2.24) is 25.8 Å². The van der Waals surface area contributed by atoms with E-state index in [-0.39, 0.29) is 41.0 Å². The minimum Gasteiger partial charge on any atom is -0.363 e. The average molecular weight is 603 g/mol. The number of carbonyl (C=O) groups excluding carboxylic acids is 5. The predicted molar refractivity (Wildman–Crippen MR) is 164 cm³/mol. The maximum atomic E-state index is 14.2. The lowest BCUT2D eigenvalue weighted by molar-refractivity contribution is -0.145. The molecule has 4 aliphatic rings. The molecule has 242 valence electrons. The fraction of sp³-hybridized carbons (Fsp3) is 0.844. The Morgan fingerprint density at radius 2 is 1.58 bits per heavy atom. The van der Waals surface area contributed by atoms with Gasteiger partial charge in [0.15, 0.2) is 0 Å². The highest BCUT2D eigenvalue weighted by Gasteiger charge is 2.70. The lowest BCUT2D eigenvalue weighted by atomic mass is 9.80. The highest BCUT2D eigenvalue weighted by molar-refractivity contribution is 6.37. The predicted octanol–water partition coefficient (Wildman–Crippen LogP) is 2.03. The molecule has 11 nitrogen and oxygen atoms in total. The summed E-state index contributed by atoms with van der Waals surface area (Å²) in [6.07, 6.45) is 5.65. The van der Waals surface area contributed by atoms with Crippen LogP contribution in [0, 0.1) is 34.5 Å². The third kappa shape index (κ3) is 7.35. The Hall–Kier alpha value is -2.69. The summed E-state index contributed by atoms with van der Waals surface area (Å²) in [4.78, 5) is 69.9. The van der Waals surface area contributed by atoms with E-state index in [1.165, 1.54) is 12.8 Å². The van der Waals surface area contributed by atoms with Crippen LogP contribution in [0.4, 0.5) is 4.79 Å². The van der Waals surface area contributed by atoms with Gasteiger partial charge in [0, 0.05) is 19.1 Å². The maximum absolute atomic E-state index is 14.2. The Kier molecular flexibility index (Phi) is 9.83. The number of carbonyl (C=O) groups is 5. The van der Waals surface area contributed by atoms with Gasteiger partial charge >= 0.3 is 6.03 Å². The van der Waals surface area contributed by atoms with Gasteiger partial charge in [-0.1, -0.05) is 67.7 Å². The molecule has 2 saturated carbocycles. The summed E-state index contributed by atoms with van der Waals surface area (Å²) in [5, 5.41) is 8.90. The maximum Gasteiger partial charge on any atom is 0.315 e. The molecule has 0 aromatic heterocycles. The van der Waals surface area contributed by atoms with Crippen LogP contribution >= 0.6 is 0 Å². The number of amides is 5. The molecule has 0 radical (unpaired) electrons. The number of nitrogens with two attached hydrogens (primary N) is 1. The quantitative estimate of drug-likeness (QED) is 0.251. The van der Waals surface area contributed by atoms with Crippen LogP contribution in [0.1, 0.15) is 87.0 Å². The van der Waals surface area contributed by atoms with Gasteiger partial charge in [-0.3, -0.25) is 19.2 Å². The van der Waals surface area contributed by atoms with E-state index in [9.17, 15) is 24.0 Å². The van der Waals surface area contributed by atoms with Gasteiger partial charge in [-0.05, 0) is 66.9 Å². The molecule has 0 bridgehead atoms. The fourth-order valence-corrected chi connectivity index (χ4v) is 7.36. The summed E-state index contributed by atoms with van der Waals surface area (Å²) < 4.78 is 0. The standard InChI is InChI=1S/C32H54N6O5/c1-18(2)22(17-37-13-8-9-14-37)35-30(43)36-26(31(3,4)5)29(42)38-16-20-23(32(20,6)7)24(38)28(41)34-21(25(39)27(33)40)15-19-11-10-12-19/h18-24,26H,8-17H2,1-7H3,(H2,33,40)(H,34,41)(H2,35,36,43)/t20-,21?,22+,23?,24-,26+/m0/s1. The van der Waals surface area contributed by atoms with Gasteiger partial charge in [0.25, 0.3) is 5.91 Å². The second-order valence-corrected chi connectivity index (χ2v) is 15.5. The van der Waals surface area contributed by atoms with Crippen LogP contribution in [0.5, 0.6) is 0 Å². The number of piperidine rings is 1. The summed E-state index contributed by atoms with van der Waals surface area (Å²) >= 11 is 0. The number of hydrogen-bond donors (Lipinski definition) is 4. The Morgan fingerprint density at radius 1 is 0.953 bits per heavy atom. The van der Waals surface area contributed by atoms with Crippen LogP contribution in [0.25, 0.3) is 0 Å². The molecule has 2 unspecified atom stereocenters. The van der Waals surface area contributed by atoms with Gasteiger partial charge < -0.3 is 31.5 Å². The Morgan fingerprint density at radius 3 is 2.09 bits per heavy atom. The van der Waals surface area contributed by atoms with Gasteiger partial charge in [-0.25, -0.2) is 4.79 Å². The van der Waals surface area contributed by atoms with Gasteiger partial charge in [0.2, 0.25) is 17.6 Å². The first-order valence-electron chi connectivity index (χ1n) is 16.3. The summed E-state index contributed by atoms with van der Waals surface area (Å²) in [6.45, 7) is 17.2. The zero-order chi connectivity index (χ0) is 31.9. The number of nitrogens with one attached hydrogen (secondary N) is 3. The van der Waals surface area contributed by atoms with Crippen molar-refractivity contribution in [1.29, 1.82) is 0 Å². The summed E-state index contributed by atoms with van der Waals surface area (Å²) in [5.41, 5.74) is 4.56. The van der Waals surface area contributed by atoms with Crippen LogP contribution in [-0.4, -0.2) is 89.7 Å². The first-order chi connectivity index (χ1) is 20.0. The zero-order valence-corrected chi connectivity index (χ0v) is 27.2. The number of fused-ring (bicyclic) bond motifs is 1. The smallest absolute Gasteiger partial charge is 0.315 e. The van der Waals surface area contributed by atoms with Crippen molar-refractivity contribution < 1.29 is 24.0 Å². The molecule has 43 heavy (non-hydrogen) atoms. The van der Waals surface area contributed by atoms with Gasteiger partial charge in [-0.15, -0.1) is 0 Å². The summed E-state index contributed by atoms with van der Waals surface area (Å²) in [7, 11) is 0. The van der Waals surface area contributed by atoms with Gasteiger partial charge in [0.05, 0.1) is 6.04 Å². The van der Waals surface area contributed by atoms with E-state index < -0.39 is 47.2 Å². The number of primary amides is 1. The van der Waals surface area contributed by atoms with E-state index in [2.05, 4.69) is 48.5 Å². The van der Waals surface area contributed by atoms with Crippen molar-refractivity contribution in [2.24, 2.45) is 40.2 Å². The molecule has 4 fully saturated rings. The largest absolute Gasteiger partial charge is 0.363 e. The van der Waals surface area contributed by atoms with E-state index in [1.54, 1.807) is 4.90 Å². The van der Waals surface area contributed by atoms with Crippen molar-refractivity contribution in [3.63, 3.8) is 0 Å². The number of urea groups is 1. The third-order valence-corrected chi connectivity index (χ3v) is 10.6. The molecular formula is C32H54N6O5. The van der Waals surface area contributed by atoms with E-state index in [1.807, 2.05) is 20.8 Å². The number of nitrogens with zero attached hydrogens (tertiary/aromatic N) is 2. The molecule has 0 aromatic rings. The normalized spacial score (nSPS) is 27.1. The Labute approximate surface area is 256 Å². The second-order valence-electron chi connectivity index (χ2n) is 15.5. The molecule has 2 aliphatic carbocycles. The molecule has 0 aromatic carbocycles. The Bertz CT molecular complexity index is 1090. The first kappa shape index (κ1) is 33.2. The molecule has 6 atom stereocenters. The van der Waals surface area contributed by atoms with Crippen LogP contribution in [0.3, 0.4) is 0 Å². The second kappa shape index (κ2) is 12.7. The minimum absolute atomic E-state index is 0.0667. The average Bonchev–Trinajstić information content (AvgIpc) is 3.31.